The van der Waals surface area contributed by atoms with Crippen LogP contribution < -0.4 is 15.9 Å². The SMILES string of the molecule is O=P(c1ccccc1)(c1ccccc1)c1c(-c2ccc3c4ccccc4n4c5ccccc5nc4c3c2)ccc2ccccc12. The van der Waals surface area contributed by atoms with Gasteiger partial charge in [-0.15, -0.1) is 0 Å². The molecule has 2 heterocycles. The molecule has 0 spiro atoms. The van der Waals surface area contributed by atoms with Gasteiger partial charge in [0.1, 0.15) is 5.65 Å². The van der Waals surface area contributed by atoms with Crippen LogP contribution in [0.3, 0.4) is 0 Å². The summed E-state index contributed by atoms with van der Waals surface area (Å²) in [4.78, 5) is 5.15. The first-order valence-electron chi connectivity index (χ1n) is 15.2. The fourth-order valence-corrected chi connectivity index (χ4v) is 10.1. The lowest BCUT2D eigenvalue weighted by atomic mass is 9.97. The van der Waals surface area contributed by atoms with Gasteiger partial charge in [-0.2, -0.15) is 0 Å². The molecule has 0 aliphatic carbocycles. The third-order valence-electron chi connectivity index (χ3n) is 9.02. The van der Waals surface area contributed by atoms with Crippen molar-refractivity contribution >= 4 is 72.2 Å². The highest BCUT2D eigenvalue weighted by Gasteiger charge is 2.34. The van der Waals surface area contributed by atoms with Gasteiger partial charge in [-0.25, -0.2) is 4.98 Å². The molecule has 0 N–H and O–H groups in total. The summed E-state index contributed by atoms with van der Waals surface area (Å²) in [6.07, 6.45) is 0. The first kappa shape index (κ1) is 25.9. The second kappa shape index (κ2) is 10.0. The Balaban J connectivity index is 1.42. The molecule has 0 bridgehead atoms. The van der Waals surface area contributed by atoms with Crippen LogP contribution in [0.5, 0.6) is 0 Å². The van der Waals surface area contributed by atoms with E-state index in [4.69, 9.17) is 4.98 Å². The maximum atomic E-state index is 16.0. The molecule has 7 aromatic carbocycles. The Morgan fingerprint density at radius 3 is 1.87 bits per heavy atom. The molecule has 9 rings (SSSR count). The van der Waals surface area contributed by atoms with Crippen molar-refractivity contribution in [3.8, 4) is 11.1 Å². The number of fused-ring (bicyclic) bond motifs is 9. The number of pyridine rings is 1. The number of hydrogen-bond donors (Lipinski definition) is 0. The summed E-state index contributed by atoms with van der Waals surface area (Å²) in [5.41, 5.74) is 6.08. The van der Waals surface area contributed by atoms with Gasteiger partial charge < -0.3 is 4.57 Å². The summed E-state index contributed by atoms with van der Waals surface area (Å²) in [5.74, 6) is 0. The van der Waals surface area contributed by atoms with Crippen LogP contribution in [0.2, 0.25) is 0 Å². The van der Waals surface area contributed by atoms with Crippen molar-refractivity contribution in [2.45, 2.75) is 0 Å². The lowest BCUT2D eigenvalue weighted by Crippen LogP contribution is -2.27. The lowest BCUT2D eigenvalue weighted by Gasteiger charge is -2.25. The zero-order valence-electron chi connectivity index (χ0n) is 24.3. The van der Waals surface area contributed by atoms with Crippen molar-refractivity contribution in [1.82, 2.24) is 9.38 Å². The predicted molar refractivity (Wildman–Crippen MR) is 190 cm³/mol. The zero-order chi connectivity index (χ0) is 30.0. The molecule has 0 aliphatic rings. The fourth-order valence-electron chi connectivity index (χ4n) is 6.99. The van der Waals surface area contributed by atoms with E-state index in [2.05, 4.69) is 89.3 Å². The van der Waals surface area contributed by atoms with Crippen LogP contribution in [-0.4, -0.2) is 9.38 Å². The number of benzene rings is 7. The molecule has 0 fully saturated rings. The van der Waals surface area contributed by atoms with Gasteiger partial charge in [0.05, 0.1) is 16.6 Å². The van der Waals surface area contributed by atoms with E-state index >= 15 is 4.57 Å². The molecule has 2 aromatic heterocycles. The van der Waals surface area contributed by atoms with Crippen LogP contribution in [0.25, 0.3) is 60.3 Å². The Morgan fingerprint density at radius 1 is 0.489 bits per heavy atom. The molecule has 45 heavy (non-hydrogen) atoms. The minimum Gasteiger partial charge on any atom is -0.309 e. The summed E-state index contributed by atoms with van der Waals surface area (Å²) in [6, 6.07) is 56.0. The molecule has 212 valence electrons. The van der Waals surface area contributed by atoms with E-state index in [1.54, 1.807) is 0 Å². The summed E-state index contributed by atoms with van der Waals surface area (Å²) in [5, 5.41) is 7.96. The van der Waals surface area contributed by atoms with Crippen LogP contribution in [0.15, 0.2) is 164 Å². The van der Waals surface area contributed by atoms with Gasteiger partial charge >= 0.3 is 0 Å². The molecule has 0 unspecified atom stereocenters. The van der Waals surface area contributed by atoms with Crippen LogP contribution in [-0.2, 0) is 4.57 Å². The summed E-state index contributed by atoms with van der Waals surface area (Å²) in [7, 11) is -3.32. The van der Waals surface area contributed by atoms with E-state index in [-0.39, 0.29) is 0 Å². The van der Waals surface area contributed by atoms with E-state index in [0.29, 0.717) is 0 Å². The number of aromatic nitrogens is 2. The minimum absolute atomic E-state index is 0.822. The maximum Gasteiger partial charge on any atom is 0.172 e. The molecule has 0 saturated carbocycles. The third-order valence-corrected chi connectivity index (χ3v) is 12.2. The van der Waals surface area contributed by atoms with E-state index in [1.807, 2.05) is 78.9 Å². The molecule has 0 amide bonds. The summed E-state index contributed by atoms with van der Waals surface area (Å²) in [6.45, 7) is 0. The normalized spacial score (nSPS) is 12.1. The first-order chi connectivity index (χ1) is 22.2. The van der Waals surface area contributed by atoms with Crippen molar-refractivity contribution in [2.75, 3.05) is 0 Å². The highest BCUT2D eigenvalue weighted by Crippen LogP contribution is 2.48. The van der Waals surface area contributed by atoms with Gasteiger partial charge in [0.15, 0.2) is 7.14 Å². The Bertz CT molecular complexity index is 2580. The summed E-state index contributed by atoms with van der Waals surface area (Å²) < 4.78 is 18.3. The van der Waals surface area contributed by atoms with Crippen LogP contribution >= 0.6 is 7.14 Å². The van der Waals surface area contributed by atoms with Gasteiger partial charge in [0, 0.05) is 26.7 Å². The minimum atomic E-state index is -3.32. The molecule has 0 aliphatic heterocycles. The molecular formula is C41H27N2OP. The molecule has 3 nitrogen and oxygen atoms in total. The van der Waals surface area contributed by atoms with E-state index < -0.39 is 7.14 Å². The first-order valence-corrected chi connectivity index (χ1v) is 16.9. The van der Waals surface area contributed by atoms with Gasteiger partial charge in [-0.05, 0) is 51.6 Å². The number of nitrogens with zero attached hydrogens (tertiary/aromatic N) is 2. The lowest BCUT2D eigenvalue weighted by molar-refractivity contribution is 0.592. The molecule has 4 heteroatoms. The molecule has 9 aromatic rings. The van der Waals surface area contributed by atoms with Gasteiger partial charge in [-0.3, -0.25) is 4.40 Å². The van der Waals surface area contributed by atoms with E-state index in [9.17, 15) is 0 Å². The van der Waals surface area contributed by atoms with E-state index in [0.717, 1.165) is 70.8 Å². The van der Waals surface area contributed by atoms with Crippen LogP contribution in [0, 0.1) is 0 Å². The average molecular weight is 595 g/mol. The Labute approximate surface area is 260 Å². The number of imidazole rings is 1. The third kappa shape index (κ3) is 3.84. The smallest absolute Gasteiger partial charge is 0.172 e. The van der Waals surface area contributed by atoms with Crippen molar-refractivity contribution in [1.29, 1.82) is 0 Å². The van der Waals surface area contributed by atoms with Gasteiger partial charge in [0.25, 0.3) is 0 Å². The monoisotopic (exact) mass is 594 g/mol. The predicted octanol–water partition coefficient (Wildman–Crippen LogP) is 9.25. The molecular weight excluding hydrogens is 567 g/mol. The largest absolute Gasteiger partial charge is 0.309 e. The second-order valence-corrected chi connectivity index (χ2v) is 14.2. The fraction of sp³-hybridized carbons (Fsp3) is 0. The highest BCUT2D eigenvalue weighted by atomic mass is 31.2. The van der Waals surface area contributed by atoms with Crippen LogP contribution in [0.4, 0.5) is 0 Å². The standard InChI is InChI=1S/C41H27N2OP/c44-45(30-14-3-1-4-15-30,31-16-5-2-6-17-31)40-32-18-8-7-13-28(32)23-25-33(40)29-24-26-34-35-19-9-11-21-38(35)43-39-22-12-10-20-37(39)42-41(43)36(34)27-29/h1-27H. The van der Waals surface area contributed by atoms with Crippen molar-refractivity contribution in [2.24, 2.45) is 0 Å². The Hall–Kier alpha value is -5.50. The maximum absolute atomic E-state index is 16.0. The van der Waals surface area contributed by atoms with Crippen LogP contribution in [0.1, 0.15) is 0 Å². The Morgan fingerprint density at radius 2 is 1.11 bits per heavy atom. The van der Waals surface area contributed by atoms with Gasteiger partial charge in [-0.1, -0.05) is 140 Å². The highest BCUT2D eigenvalue weighted by molar-refractivity contribution is 7.86. The summed E-state index contributed by atoms with van der Waals surface area (Å²) >= 11 is 0. The second-order valence-electron chi connectivity index (χ2n) is 11.5. The molecule has 0 atom stereocenters. The van der Waals surface area contributed by atoms with Gasteiger partial charge in [0.2, 0.25) is 0 Å². The number of para-hydroxylation sites is 3. The molecule has 0 radical (unpaired) electrons. The topological polar surface area (TPSA) is 34.4 Å². The van der Waals surface area contributed by atoms with E-state index in [1.165, 1.54) is 5.39 Å². The Kier molecular flexibility index (Phi) is 5.78. The number of rotatable bonds is 4. The van der Waals surface area contributed by atoms with Crippen molar-refractivity contribution in [3.05, 3.63) is 164 Å². The quantitative estimate of drug-likeness (QED) is 0.150. The molecule has 0 saturated heterocycles. The zero-order valence-corrected chi connectivity index (χ0v) is 25.2. The van der Waals surface area contributed by atoms with Crippen molar-refractivity contribution < 1.29 is 4.57 Å². The van der Waals surface area contributed by atoms with Crippen molar-refractivity contribution in [3.63, 3.8) is 0 Å². The average Bonchev–Trinajstić information content (AvgIpc) is 3.52. The number of hydrogen-bond acceptors (Lipinski definition) is 2.